The fraction of sp³-hybridized carbons (Fsp3) is 0.440. The van der Waals surface area contributed by atoms with Gasteiger partial charge < -0.3 is 15.0 Å². The van der Waals surface area contributed by atoms with Crippen LogP contribution < -0.4 is 10.1 Å². The first-order chi connectivity index (χ1) is 14.9. The monoisotopic (exact) mass is 444 g/mol. The average molecular weight is 445 g/mol. The third-order valence-corrected chi connectivity index (χ3v) is 5.14. The molecule has 0 saturated carbocycles. The summed E-state index contributed by atoms with van der Waals surface area (Å²) < 4.78 is 5.70. The van der Waals surface area contributed by atoms with Gasteiger partial charge in [0.2, 0.25) is 11.8 Å². The second-order valence-electron chi connectivity index (χ2n) is 7.98. The first kappa shape index (κ1) is 24.7. The van der Waals surface area contributed by atoms with Crippen molar-refractivity contribution < 1.29 is 14.3 Å². The summed E-state index contributed by atoms with van der Waals surface area (Å²) in [7, 11) is 0. The van der Waals surface area contributed by atoms with Gasteiger partial charge in [-0.25, -0.2) is 0 Å². The van der Waals surface area contributed by atoms with Crippen molar-refractivity contribution in [2.45, 2.75) is 52.6 Å². The van der Waals surface area contributed by atoms with Gasteiger partial charge >= 0.3 is 0 Å². The van der Waals surface area contributed by atoms with E-state index in [1.165, 1.54) is 0 Å². The molecule has 31 heavy (non-hydrogen) atoms. The Kier molecular flexibility index (Phi) is 10.4. The predicted molar refractivity (Wildman–Crippen MR) is 125 cm³/mol. The molecule has 1 N–H and O–H groups in total. The largest absolute Gasteiger partial charge is 0.494 e. The Morgan fingerprint density at radius 1 is 1.06 bits per heavy atom. The smallest absolute Gasteiger partial charge is 0.242 e. The van der Waals surface area contributed by atoms with Crippen LogP contribution in [0.5, 0.6) is 5.75 Å². The van der Waals surface area contributed by atoms with Gasteiger partial charge in [0.05, 0.1) is 6.61 Å². The molecule has 2 aromatic carbocycles. The number of amides is 2. The number of rotatable bonds is 12. The first-order valence-electron chi connectivity index (χ1n) is 10.9. The van der Waals surface area contributed by atoms with E-state index in [0.717, 1.165) is 11.3 Å². The van der Waals surface area contributed by atoms with Crippen molar-refractivity contribution in [1.29, 1.82) is 0 Å². The zero-order chi connectivity index (χ0) is 22.6. The molecule has 2 amide bonds. The topological polar surface area (TPSA) is 58.6 Å². The second-order valence-corrected chi connectivity index (χ2v) is 8.41. The van der Waals surface area contributed by atoms with Gasteiger partial charge in [0, 0.05) is 24.5 Å². The van der Waals surface area contributed by atoms with E-state index in [-0.39, 0.29) is 11.8 Å². The molecule has 0 saturated heterocycles. The summed E-state index contributed by atoms with van der Waals surface area (Å²) in [4.78, 5) is 27.6. The minimum absolute atomic E-state index is 0.0573. The third kappa shape index (κ3) is 8.62. The van der Waals surface area contributed by atoms with Gasteiger partial charge in [-0.3, -0.25) is 9.59 Å². The number of para-hydroxylation sites is 1. The van der Waals surface area contributed by atoms with Crippen LogP contribution in [0.25, 0.3) is 0 Å². The van der Waals surface area contributed by atoms with E-state index in [1.54, 1.807) is 17.0 Å². The van der Waals surface area contributed by atoms with Crippen molar-refractivity contribution in [1.82, 2.24) is 10.2 Å². The van der Waals surface area contributed by atoms with Crippen LogP contribution in [0.4, 0.5) is 0 Å². The van der Waals surface area contributed by atoms with E-state index >= 15 is 0 Å². The molecular formula is C25H33ClN2O3. The number of nitrogens with zero attached hydrogens (tertiary/aromatic N) is 1. The lowest BCUT2D eigenvalue weighted by molar-refractivity contribution is -0.141. The van der Waals surface area contributed by atoms with Crippen molar-refractivity contribution in [3.05, 3.63) is 65.2 Å². The van der Waals surface area contributed by atoms with Crippen molar-refractivity contribution in [2.75, 3.05) is 13.2 Å². The van der Waals surface area contributed by atoms with E-state index in [1.807, 2.05) is 63.2 Å². The molecule has 0 radical (unpaired) electrons. The predicted octanol–water partition coefficient (Wildman–Crippen LogP) is 5.08. The van der Waals surface area contributed by atoms with Crippen molar-refractivity contribution in [2.24, 2.45) is 5.92 Å². The highest BCUT2D eigenvalue weighted by atomic mass is 35.5. The van der Waals surface area contributed by atoms with E-state index < -0.39 is 6.04 Å². The molecule has 2 aromatic rings. The summed E-state index contributed by atoms with van der Waals surface area (Å²) in [6.07, 6.45) is 1.44. The number of carbonyl (C=O) groups excluding carboxylic acids is 2. The molecule has 5 nitrogen and oxygen atoms in total. The zero-order valence-electron chi connectivity index (χ0n) is 18.6. The normalized spacial score (nSPS) is 11.8. The fourth-order valence-corrected chi connectivity index (χ4v) is 3.33. The molecule has 0 aromatic heterocycles. The van der Waals surface area contributed by atoms with Crippen molar-refractivity contribution in [3.8, 4) is 5.75 Å². The van der Waals surface area contributed by atoms with Crippen LogP contribution in [0.2, 0.25) is 5.02 Å². The highest BCUT2D eigenvalue weighted by Crippen LogP contribution is 2.17. The lowest BCUT2D eigenvalue weighted by atomic mass is 10.1. The van der Waals surface area contributed by atoms with Gasteiger partial charge in [-0.1, -0.05) is 62.7 Å². The summed E-state index contributed by atoms with van der Waals surface area (Å²) in [5.41, 5.74) is 0.938. The highest BCUT2D eigenvalue weighted by Gasteiger charge is 2.28. The Balaban J connectivity index is 2.04. The lowest BCUT2D eigenvalue weighted by Crippen LogP contribution is -2.49. The molecule has 0 aliphatic carbocycles. The van der Waals surface area contributed by atoms with Crippen molar-refractivity contribution in [3.63, 3.8) is 0 Å². The molecule has 0 aliphatic rings. The first-order valence-corrected chi connectivity index (χ1v) is 11.3. The molecular weight excluding hydrogens is 412 g/mol. The van der Waals surface area contributed by atoms with Crippen LogP contribution in [0, 0.1) is 5.92 Å². The average Bonchev–Trinajstić information content (AvgIpc) is 2.77. The van der Waals surface area contributed by atoms with E-state index in [4.69, 9.17) is 16.3 Å². The summed E-state index contributed by atoms with van der Waals surface area (Å²) >= 11 is 6.00. The number of ether oxygens (including phenoxy) is 1. The summed E-state index contributed by atoms with van der Waals surface area (Å²) in [6, 6.07) is 16.4. The van der Waals surface area contributed by atoms with Gasteiger partial charge in [-0.15, -0.1) is 0 Å². The third-order valence-electron chi connectivity index (χ3n) is 4.88. The van der Waals surface area contributed by atoms with Crippen LogP contribution in [-0.4, -0.2) is 35.9 Å². The number of benzene rings is 2. The van der Waals surface area contributed by atoms with Crippen LogP contribution >= 0.6 is 11.6 Å². The molecule has 0 fully saturated rings. The summed E-state index contributed by atoms with van der Waals surface area (Å²) in [5, 5.41) is 3.61. The Hall–Kier alpha value is -2.53. The van der Waals surface area contributed by atoms with Crippen LogP contribution in [0.1, 0.15) is 45.6 Å². The second kappa shape index (κ2) is 13.0. The lowest BCUT2D eigenvalue weighted by Gasteiger charge is -2.31. The Bertz CT molecular complexity index is 809. The number of halogens is 1. The van der Waals surface area contributed by atoms with Crippen LogP contribution in [0.3, 0.4) is 0 Å². The molecule has 0 bridgehead atoms. The quantitative estimate of drug-likeness (QED) is 0.464. The Morgan fingerprint density at radius 2 is 1.74 bits per heavy atom. The molecule has 168 valence electrons. The number of nitrogens with one attached hydrogen (secondary N) is 1. The summed E-state index contributed by atoms with van der Waals surface area (Å²) in [5.74, 6) is 0.960. The molecule has 1 unspecified atom stereocenters. The van der Waals surface area contributed by atoms with Crippen LogP contribution in [-0.2, 0) is 16.1 Å². The van der Waals surface area contributed by atoms with Gasteiger partial charge in [0.15, 0.2) is 0 Å². The minimum Gasteiger partial charge on any atom is -0.494 e. The van der Waals surface area contributed by atoms with E-state index in [0.29, 0.717) is 49.9 Å². The van der Waals surface area contributed by atoms with Gasteiger partial charge in [0.1, 0.15) is 11.8 Å². The molecule has 0 heterocycles. The van der Waals surface area contributed by atoms with Gasteiger partial charge in [-0.05, 0) is 48.6 Å². The maximum absolute atomic E-state index is 13.1. The van der Waals surface area contributed by atoms with Gasteiger partial charge in [0.25, 0.3) is 0 Å². The Labute approximate surface area is 190 Å². The molecule has 0 aliphatic heterocycles. The highest BCUT2D eigenvalue weighted by molar-refractivity contribution is 6.30. The summed E-state index contributed by atoms with van der Waals surface area (Å²) in [6.45, 7) is 7.42. The molecule has 2 rings (SSSR count). The van der Waals surface area contributed by atoms with Crippen LogP contribution in [0.15, 0.2) is 54.6 Å². The molecule has 6 heteroatoms. The fourth-order valence-electron chi connectivity index (χ4n) is 3.20. The minimum atomic E-state index is -0.517. The maximum Gasteiger partial charge on any atom is 0.242 e. The number of hydrogen-bond donors (Lipinski definition) is 1. The van der Waals surface area contributed by atoms with Crippen molar-refractivity contribution >= 4 is 23.4 Å². The zero-order valence-corrected chi connectivity index (χ0v) is 19.4. The number of carbonyl (C=O) groups is 2. The van der Waals surface area contributed by atoms with Gasteiger partial charge in [-0.2, -0.15) is 0 Å². The van der Waals surface area contributed by atoms with E-state index in [9.17, 15) is 9.59 Å². The standard InChI is InChI=1S/C25H33ClN2O3/c1-4-23(25(30)27-17-19(2)3)28(18-20-12-14-21(26)15-13-20)24(29)11-8-16-31-22-9-6-5-7-10-22/h5-7,9-10,12-15,19,23H,4,8,11,16-18H2,1-3H3,(H,27,30). The molecule has 0 spiro atoms. The Morgan fingerprint density at radius 3 is 2.35 bits per heavy atom. The van der Waals surface area contributed by atoms with E-state index in [2.05, 4.69) is 5.32 Å². The number of hydrogen-bond acceptors (Lipinski definition) is 3. The molecule has 1 atom stereocenters. The SMILES string of the molecule is CCC(C(=O)NCC(C)C)N(Cc1ccc(Cl)cc1)C(=O)CCCOc1ccccc1. The maximum atomic E-state index is 13.1.